The number of carbonyl (C=O) groups is 2. The summed E-state index contributed by atoms with van der Waals surface area (Å²) in [6.07, 6.45) is 9.49. The Bertz CT molecular complexity index is 489. The van der Waals surface area contributed by atoms with Crippen LogP contribution in [-0.2, 0) is 19.1 Å². The maximum atomic E-state index is 12.6. The Hall–Kier alpha value is -1.06. The molecule has 0 saturated heterocycles. The van der Waals surface area contributed by atoms with E-state index in [0.29, 0.717) is 11.8 Å². The predicted octanol–water partition coefficient (Wildman–Crippen LogP) is 5.28. The summed E-state index contributed by atoms with van der Waals surface area (Å²) in [5.41, 5.74) is -0.492. The zero-order valence-corrected chi connectivity index (χ0v) is 17.4. The highest BCUT2D eigenvalue weighted by molar-refractivity contribution is 5.78. The molecule has 0 radical (unpaired) electrons. The van der Waals surface area contributed by atoms with Crippen molar-refractivity contribution in [1.29, 1.82) is 0 Å². The third-order valence-corrected chi connectivity index (χ3v) is 6.27. The van der Waals surface area contributed by atoms with E-state index in [0.717, 1.165) is 32.1 Å². The Morgan fingerprint density at radius 1 is 1.12 bits per heavy atom. The van der Waals surface area contributed by atoms with Crippen molar-refractivity contribution in [3.8, 4) is 0 Å². The topological polar surface area (TPSA) is 52.6 Å². The molecule has 2 aliphatic carbocycles. The summed E-state index contributed by atoms with van der Waals surface area (Å²) in [7, 11) is 0. The van der Waals surface area contributed by atoms with Gasteiger partial charge in [0.15, 0.2) is 6.61 Å². The largest absolute Gasteiger partial charge is 0.457 e. The second-order valence-corrected chi connectivity index (χ2v) is 9.61. The van der Waals surface area contributed by atoms with Crippen LogP contribution < -0.4 is 0 Å². The van der Waals surface area contributed by atoms with Gasteiger partial charge in [-0.25, -0.2) is 4.79 Å². The zero-order valence-electron chi connectivity index (χ0n) is 17.4. The molecule has 3 atom stereocenters. The maximum Gasteiger partial charge on any atom is 0.344 e. The van der Waals surface area contributed by atoms with Gasteiger partial charge >= 0.3 is 11.9 Å². The second kappa shape index (κ2) is 8.75. The number of ether oxygens (including phenoxy) is 2. The molecule has 2 saturated carbocycles. The van der Waals surface area contributed by atoms with Crippen molar-refractivity contribution in [3.05, 3.63) is 0 Å². The molecule has 0 N–H and O–H groups in total. The van der Waals surface area contributed by atoms with Crippen LogP contribution in [0.5, 0.6) is 0 Å². The normalized spacial score (nSPS) is 27.2. The lowest BCUT2D eigenvalue weighted by Gasteiger charge is -2.30. The van der Waals surface area contributed by atoms with Gasteiger partial charge in [-0.15, -0.1) is 0 Å². The molecule has 2 fully saturated rings. The van der Waals surface area contributed by atoms with Gasteiger partial charge in [0.2, 0.25) is 0 Å². The molecule has 0 aromatic heterocycles. The first kappa shape index (κ1) is 21.2. The predicted molar refractivity (Wildman–Crippen MR) is 103 cm³/mol. The number of esters is 2. The highest BCUT2D eigenvalue weighted by Gasteiger charge is 2.41. The summed E-state index contributed by atoms with van der Waals surface area (Å²) in [6, 6.07) is 0. The lowest BCUT2D eigenvalue weighted by Crippen LogP contribution is -2.36. The summed E-state index contributed by atoms with van der Waals surface area (Å²) in [6.45, 7) is 10.2. The molecule has 26 heavy (non-hydrogen) atoms. The smallest absolute Gasteiger partial charge is 0.344 e. The summed E-state index contributed by atoms with van der Waals surface area (Å²) in [5, 5.41) is 0. The number of carbonyl (C=O) groups excluding carboxylic acids is 2. The van der Waals surface area contributed by atoms with Gasteiger partial charge in [0.25, 0.3) is 0 Å². The van der Waals surface area contributed by atoms with Gasteiger partial charge < -0.3 is 9.47 Å². The van der Waals surface area contributed by atoms with E-state index in [4.69, 9.17) is 9.47 Å². The van der Waals surface area contributed by atoms with E-state index >= 15 is 0 Å². The zero-order chi connectivity index (χ0) is 19.4. The van der Waals surface area contributed by atoms with Crippen LogP contribution in [0.1, 0.15) is 92.4 Å². The molecule has 0 aromatic rings. The van der Waals surface area contributed by atoms with E-state index in [-0.39, 0.29) is 29.5 Å². The summed E-state index contributed by atoms with van der Waals surface area (Å²) < 4.78 is 11.2. The molecule has 0 spiro atoms. The van der Waals surface area contributed by atoms with E-state index in [1.54, 1.807) is 0 Å². The Morgan fingerprint density at radius 2 is 1.81 bits per heavy atom. The Balaban J connectivity index is 1.83. The van der Waals surface area contributed by atoms with Crippen LogP contribution in [0.4, 0.5) is 0 Å². The molecule has 2 aliphatic rings. The molecule has 4 heteroatoms. The van der Waals surface area contributed by atoms with Crippen LogP contribution in [0, 0.1) is 23.2 Å². The van der Waals surface area contributed by atoms with Gasteiger partial charge in [-0.05, 0) is 49.4 Å². The van der Waals surface area contributed by atoms with Gasteiger partial charge in [-0.3, -0.25) is 4.79 Å². The summed E-state index contributed by atoms with van der Waals surface area (Å²) in [4.78, 5) is 24.9. The minimum absolute atomic E-state index is 0.146. The minimum atomic E-state index is -0.392. The highest BCUT2D eigenvalue weighted by Crippen LogP contribution is 2.43. The fourth-order valence-corrected chi connectivity index (χ4v) is 4.33. The van der Waals surface area contributed by atoms with Gasteiger partial charge in [-0.1, -0.05) is 60.3 Å². The molecule has 0 bridgehead atoms. The van der Waals surface area contributed by atoms with E-state index < -0.39 is 5.97 Å². The van der Waals surface area contributed by atoms with Gasteiger partial charge in [0.05, 0.1) is 5.92 Å². The summed E-state index contributed by atoms with van der Waals surface area (Å²) in [5.74, 6) is 0.511. The van der Waals surface area contributed by atoms with Crippen molar-refractivity contribution in [2.75, 3.05) is 6.61 Å². The first-order valence-corrected chi connectivity index (χ1v) is 10.6. The lowest BCUT2D eigenvalue weighted by atomic mass is 9.77. The molecule has 2 rings (SSSR count). The van der Waals surface area contributed by atoms with E-state index in [1.807, 2.05) is 0 Å². The monoisotopic (exact) mass is 366 g/mol. The minimum Gasteiger partial charge on any atom is -0.457 e. The fourth-order valence-electron chi connectivity index (χ4n) is 4.33. The van der Waals surface area contributed by atoms with Crippen molar-refractivity contribution in [1.82, 2.24) is 0 Å². The third kappa shape index (κ3) is 5.99. The molecule has 150 valence electrons. The standard InChI is InChI=1S/C22H38O4/c1-6-8-17-11-12-22(7-2,14-17)26-19(23)15-25-20(24)18(21(3,4)5)13-16-9-10-16/h16-18H,6-15H2,1-5H3. The van der Waals surface area contributed by atoms with Crippen LogP contribution in [0.3, 0.4) is 0 Å². The fraction of sp³-hybridized carbons (Fsp3) is 0.909. The van der Waals surface area contributed by atoms with Crippen molar-refractivity contribution in [2.45, 2.75) is 98.0 Å². The van der Waals surface area contributed by atoms with Crippen LogP contribution in [-0.4, -0.2) is 24.1 Å². The van der Waals surface area contributed by atoms with Gasteiger partial charge in [0.1, 0.15) is 5.60 Å². The van der Waals surface area contributed by atoms with E-state index in [2.05, 4.69) is 34.6 Å². The third-order valence-electron chi connectivity index (χ3n) is 6.27. The van der Waals surface area contributed by atoms with E-state index in [1.165, 1.54) is 25.7 Å². The van der Waals surface area contributed by atoms with Crippen molar-refractivity contribution >= 4 is 11.9 Å². The Kier molecular flexibility index (Phi) is 7.15. The Labute approximate surface area is 159 Å². The number of hydrogen-bond acceptors (Lipinski definition) is 4. The first-order chi connectivity index (χ1) is 12.2. The summed E-state index contributed by atoms with van der Waals surface area (Å²) >= 11 is 0. The molecule has 0 amide bonds. The molecular weight excluding hydrogens is 328 g/mol. The van der Waals surface area contributed by atoms with Gasteiger partial charge in [0, 0.05) is 0 Å². The van der Waals surface area contributed by atoms with Crippen LogP contribution >= 0.6 is 0 Å². The van der Waals surface area contributed by atoms with Crippen molar-refractivity contribution in [3.63, 3.8) is 0 Å². The first-order valence-electron chi connectivity index (χ1n) is 10.6. The van der Waals surface area contributed by atoms with Gasteiger partial charge in [-0.2, -0.15) is 0 Å². The molecule has 3 unspecified atom stereocenters. The molecule has 0 aromatic carbocycles. The average Bonchev–Trinajstić information content (AvgIpc) is 3.31. The second-order valence-electron chi connectivity index (χ2n) is 9.61. The van der Waals surface area contributed by atoms with Crippen molar-refractivity contribution < 1.29 is 19.1 Å². The maximum absolute atomic E-state index is 12.6. The van der Waals surface area contributed by atoms with Crippen LogP contribution in [0.2, 0.25) is 0 Å². The Morgan fingerprint density at radius 3 is 2.35 bits per heavy atom. The van der Waals surface area contributed by atoms with E-state index in [9.17, 15) is 9.59 Å². The molecule has 0 aliphatic heterocycles. The average molecular weight is 367 g/mol. The molecular formula is C22H38O4. The number of hydrogen-bond donors (Lipinski definition) is 0. The highest BCUT2D eigenvalue weighted by atomic mass is 16.6. The number of rotatable bonds is 9. The SMILES string of the molecule is CCCC1CCC(CC)(OC(=O)COC(=O)C(CC2CC2)C(C)(C)C)C1. The van der Waals surface area contributed by atoms with Crippen molar-refractivity contribution in [2.24, 2.45) is 23.2 Å². The van der Waals surface area contributed by atoms with Crippen LogP contribution in [0.25, 0.3) is 0 Å². The van der Waals surface area contributed by atoms with Crippen LogP contribution in [0.15, 0.2) is 0 Å². The molecule has 4 nitrogen and oxygen atoms in total. The lowest BCUT2D eigenvalue weighted by molar-refractivity contribution is -0.173. The molecule has 0 heterocycles. The quantitative estimate of drug-likeness (QED) is 0.521.